The lowest BCUT2D eigenvalue weighted by Gasteiger charge is -2.24. The Kier molecular flexibility index (Phi) is 3.30. The molecule has 1 aliphatic rings. The lowest BCUT2D eigenvalue weighted by atomic mass is 10.3. The molecule has 0 saturated carbocycles. The van der Waals surface area contributed by atoms with Crippen LogP contribution in [0.1, 0.15) is 5.82 Å². The zero-order valence-electron chi connectivity index (χ0n) is 10.3. The van der Waals surface area contributed by atoms with Crippen molar-refractivity contribution in [2.45, 2.75) is 6.54 Å². The average Bonchev–Trinajstić information content (AvgIpc) is 2.90. The summed E-state index contributed by atoms with van der Waals surface area (Å²) in [5, 5.41) is 2.68. The van der Waals surface area contributed by atoms with E-state index in [2.05, 4.69) is 15.4 Å². The number of carbonyl (C=O) groups is 2. The number of rotatable bonds is 3. The number of hydrogen-bond acceptors (Lipinski definition) is 8. The van der Waals surface area contributed by atoms with Gasteiger partial charge in [-0.2, -0.15) is 0 Å². The van der Waals surface area contributed by atoms with E-state index in [-0.39, 0.29) is 19.8 Å². The van der Waals surface area contributed by atoms with Gasteiger partial charge in [-0.1, -0.05) is 0 Å². The van der Waals surface area contributed by atoms with Gasteiger partial charge in [0, 0.05) is 0 Å². The number of carbonyl (C=O) groups excluding carboxylic acids is 2. The van der Waals surface area contributed by atoms with Crippen LogP contribution in [0.5, 0.6) is 0 Å². The highest BCUT2D eigenvalue weighted by molar-refractivity contribution is 7.16. The minimum Gasteiger partial charge on any atom is -0.362 e. The van der Waals surface area contributed by atoms with Crippen molar-refractivity contribution < 1.29 is 14.3 Å². The highest BCUT2D eigenvalue weighted by Crippen LogP contribution is 2.24. The first-order chi connectivity index (χ1) is 9.69. The average molecular weight is 293 g/mol. The molecule has 1 saturated heterocycles. The van der Waals surface area contributed by atoms with Crippen LogP contribution in [0.15, 0.2) is 11.4 Å². The summed E-state index contributed by atoms with van der Waals surface area (Å²) in [4.78, 5) is 33.7. The number of amides is 2. The minimum atomic E-state index is -0.390. The van der Waals surface area contributed by atoms with Crippen molar-refractivity contribution in [1.82, 2.24) is 14.9 Å². The van der Waals surface area contributed by atoms with E-state index >= 15 is 0 Å². The molecule has 104 valence electrons. The molecule has 3 N–H and O–H groups in total. The highest BCUT2D eigenvalue weighted by atomic mass is 32.1. The van der Waals surface area contributed by atoms with E-state index in [1.54, 1.807) is 0 Å². The maximum absolute atomic E-state index is 11.7. The van der Waals surface area contributed by atoms with Crippen LogP contribution in [-0.2, 0) is 20.9 Å². The number of ether oxygens (including phenoxy) is 1. The van der Waals surface area contributed by atoms with Crippen molar-refractivity contribution in [3.8, 4) is 0 Å². The summed E-state index contributed by atoms with van der Waals surface area (Å²) in [5.74, 6) is 5.48. The van der Waals surface area contributed by atoms with E-state index in [1.165, 1.54) is 11.3 Å². The molecule has 0 radical (unpaired) electrons. The fraction of sp³-hybridized carbons (Fsp3) is 0.273. The van der Waals surface area contributed by atoms with Gasteiger partial charge < -0.3 is 10.2 Å². The fourth-order valence-electron chi connectivity index (χ4n) is 1.92. The smallest absolute Gasteiger partial charge is 0.255 e. The van der Waals surface area contributed by atoms with Crippen LogP contribution in [0.4, 0.5) is 5.82 Å². The molecule has 2 aromatic rings. The number of nitrogens with zero attached hydrogens (tertiary/aromatic N) is 3. The van der Waals surface area contributed by atoms with Crippen molar-refractivity contribution in [2.24, 2.45) is 5.84 Å². The summed E-state index contributed by atoms with van der Waals surface area (Å²) < 4.78 is 4.85. The van der Waals surface area contributed by atoms with Gasteiger partial charge in [0.15, 0.2) is 11.6 Å². The fourth-order valence-corrected chi connectivity index (χ4v) is 2.70. The number of anilines is 1. The summed E-state index contributed by atoms with van der Waals surface area (Å²) in [6.07, 6.45) is 0. The van der Waals surface area contributed by atoms with Crippen LogP contribution < -0.4 is 11.3 Å². The van der Waals surface area contributed by atoms with Gasteiger partial charge in [-0.25, -0.2) is 15.8 Å². The molecule has 3 rings (SSSR count). The Morgan fingerprint density at radius 3 is 2.80 bits per heavy atom. The number of nitrogens with one attached hydrogen (secondary N) is 1. The first kappa shape index (κ1) is 12.9. The summed E-state index contributed by atoms with van der Waals surface area (Å²) in [7, 11) is 0. The molecule has 2 aromatic heterocycles. The van der Waals surface area contributed by atoms with Gasteiger partial charge in [0.05, 0.1) is 11.9 Å². The number of nitrogens with two attached hydrogens (primary N) is 1. The number of thiophene rings is 1. The standard InChI is InChI=1S/C11H11N5O3S/c12-15-10-6-1-2-20-11(6)14-7(13-10)3-16-8(17)4-19-5-9(16)18/h1-2H,3-5,12H2,(H,13,14,15). The number of hydrogen-bond donors (Lipinski definition) is 2. The minimum absolute atomic E-state index is 0.0174. The van der Waals surface area contributed by atoms with E-state index < -0.39 is 11.8 Å². The zero-order chi connectivity index (χ0) is 14.1. The summed E-state index contributed by atoms with van der Waals surface area (Å²) >= 11 is 1.43. The topological polar surface area (TPSA) is 110 Å². The van der Waals surface area contributed by atoms with Gasteiger partial charge in [-0.05, 0) is 11.4 Å². The monoisotopic (exact) mass is 293 g/mol. The molecule has 0 aliphatic carbocycles. The molecule has 0 bridgehead atoms. The number of nitrogen functional groups attached to an aromatic ring is 1. The predicted octanol–water partition coefficient (Wildman–Crippen LogP) is -0.138. The third-order valence-electron chi connectivity index (χ3n) is 2.86. The highest BCUT2D eigenvalue weighted by Gasteiger charge is 2.27. The van der Waals surface area contributed by atoms with Crippen LogP contribution in [0.3, 0.4) is 0 Å². The zero-order valence-corrected chi connectivity index (χ0v) is 11.1. The van der Waals surface area contributed by atoms with Crippen LogP contribution >= 0.6 is 11.3 Å². The molecule has 2 amide bonds. The largest absolute Gasteiger partial charge is 0.362 e. The molecule has 0 spiro atoms. The third kappa shape index (κ3) is 2.22. The number of aromatic nitrogens is 2. The lowest BCUT2D eigenvalue weighted by Crippen LogP contribution is -2.45. The second-order valence-corrected chi connectivity index (χ2v) is 5.03. The van der Waals surface area contributed by atoms with E-state index in [0.29, 0.717) is 11.6 Å². The van der Waals surface area contributed by atoms with Crippen molar-refractivity contribution in [3.05, 3.63) is 17.3 Å². The Morgan fingerprint density at radius 2 is 2.10 bits per heavy atom. The predicted molar refractivity (Wildman–Crippen MR) is 71.6 cm³/mol. The van der Waals surface area contributed by atoms with Gasteiger partial charge in [0.25, 0.3) is 11.8 Å². The quantitative estimate of drug-likeness (QED) is 0.460. The maximum atomic E-state index is 11.7. The number of morpholine rings is 1. The van der Waals surface area contributed by atoms with E-state index in [0.717, 1.165) is 15.1 Å². The molecular weight excluding hydrogens is 282 g/mol. The Labute approximate surface area is 117 Å². The van der Waals surface area contributed by atoms with Gasteiger partial charge in [-0.15, -0.1) is 11.3 Å². The molecule has 1 aliphatic heterocycles. The SMILES string of the molecule is NNc1nc(CN2C(=O)COCC2=O)nc2sccc12. The molecular formula is C11H11N5O3S. The molecule has 3 heterocycles. The van der Waals surface area contributed by atoms with Crippen LogP contribution in [-0.4, -0.2) is 39.9 Å². The second kappa shape index (κ2) is 5.12. The number of hydrazine groups is 1. The summed E-state index contributed by atoms with van der Waals surface area (Å²) in [6.45, 7) is -0.187. The maximum Gasteiger partial charge on any atom is 0.255 e. The van der Waals surface area contributed by atoms with Crippen molar-refractivity contribution in [3.63, 3.8) is 0 Å². The molecule has 1 fully saturated rings. The van der Waals surface area contributed by atoms with E-state index in [1.807, 2.05) is 11.4 Å². The van der Waals surface area contributed by atoms with E-state index in [4.69, 9.17) is 10.6 Å². The summed E-state index contributed by atoms with van der Waals surface area (Å²) in [5.41, 5.74) is 2.50. The first-order valence-corrected chi connectivity index (χ1v) is 6.68. The molecule has 9 heteroatoms. The Bertz CT molecular complexity index is 670. The van der Waals surface area contributed by atoms with Crippen LogP contribution in [0, 0.1) is 0 Å². The molecule has 20 heavy (non-hydrogen) atoms. The molecule has 0 aromatic carbocycles. The van der Waals surface area contributed by atoms with Gasteiger partial charge in [-0.3, -0.25) is 14.5 Å². The van der Waals surface area contributed by atoms with Gasteiger partial charge in [0.2, 0.25) is 0 Å². The third-order valence-corrected chi connectivity index (χ3v) is 3.67. The Balaban J connectivity index is 1.93. The Hall–Kier alpha value is -2.10. The van der Waals surface area contributed by atoms with Gasteiger partial charge in [0.1, 0.15) is 18.0 Å². The lowest BCUT2D eigenvalue weighted by molar-refractivity contribution is -0.159. The van der Waals surface area contributed by atoms with Crippen LogP contribution in [0.25, 0.3) is 10.2 Å². The van der Waals surface area contributed by atoms with Crippen LogP contribution in [0.2, 0.25) is 0 Å². The normalized spacial score (nSPS) is 15.9. The number of imide groups is 1. The molecule has 0 atom stereocenters. The van der Waals surface area contributed by atoms with Crippen molar-refractivity contribution in [1.29, 1.82) is 0 Å². The molecule has 8 nitrogen and oxygen atoms in total. The van der Waals surface area contributed by atoms with E-state index in [9.17, 15) is 9.59 Å². The van der Waals surface area contributed by atoms with Crippen molar-refractivity contribution >= 4 is 39.2 Å². The molecule has 0 unspecified atom stereocenters. The first-order valence-electron chi connectivity index (χ1n) is 5.80. The number of fused-ring (bicyclic) bond motifs is 1. The van der Waals surface area contributed by atoms with Crippen molar-refractivity contribution in [2.75, 3.05) is 18.6 Å². The Morgan fingerprint density at radius 1 is 1.35 bits per heavy atom. The van der Waals surface area contributed by atoms with Gasteiger partial charge >= 0.3 is 0 Å². The summed E-state index contributed by atoms with van der Waals surface area (Å²) in [6, 6.07) is 1.85. The second-order valence-electron chi connectivity index (χ2n) is 4.14.